The summed E-state index contributed by atoms with van der Waals surface area (Å²) in [5.41, 5.74) is 1.50. The smallest absolute Gasteiger partial charge is 0.338 e. The van der Waals surface area contributed by atoms with Crippen molar-refractivity contribution in [2.75, 3.05) is 33.1 Å². The molecule has 0 unspecified atom stereocenters. The Morgan fingerprint density at radius 2 is 1.73 bits per heavy atom. The average Bonchev–Trinajstić information content (AvgIpc) is 2.74. The van der Waals surface area contributed by atoms with Gasteiger partial charge in [-0.1, -0.05) is 6.07 Å². The number of benzene rings is 2. The van der Waals surface area contributed by atoms with Crippen LogP contribution >= 0.6 is 0 Å². The lowest BCUT2D eigenvalue weighted by Gasteiger charge is -2.17. The lowest BCUT2D eigenvalue weighted by molar-refractivity contribution is -0.116. The van der Waals surface area contributed by atoms with Gasteiger partial charge >= 0.3 is 5.97 Å². The summed E-state index contributed by atoms with van der Waals surface area (Å²) < 4.78 is 36.2. The number of anilines is 1. The summed E-state index contributed by atoms with van der Waals surface area (Å²) in [5, 5.41) is 2.76. The fourth-order valence-corrected chi connectivity index (χ4v) is 4.03. The first-order chi connectivity index (χ1) is 14.2. The van der Waals surface area contributed by atoms with Crippen molar-refractivity contribution in [3.8, 4) is 5.75 Å². The monoisotopic (exact) mass is 434 g/mol. The third-order valence-electron chi connectivity index (χ3n) is 4.66. The second kappa shape index (κ2) is 10.2. The van der Waals surface area contributed by atoms with Gasteiger partial charge < -0.3 is 14.8 Å². The predicted molar refractivity (Wildman–Crippen MR) is 113 cm³/mol. The van der Waals surface area contributed by atoms with Crippen molar-refractivity contribution in [2.24, 2.45) is 0 Å². The predicted octanol–water partition coefficient (Wildman–Crippen LogP) is 2.83. The van der Waals surface area contributed by atoms with E-state index in [4.69, 9.17) is 9.47 Å². The molecule has 1 N–H and O–H groups in total. The number of nitrogens with zero attached hydrogens (tertiary/aromatic N) is 1. The van der Waals surface area contributed by atoms with Gasteiger partial charge in [0.25, 0.3) is 0 Å². The molecule has 2 rings (SSSR count). The van der Waals surface area contributed by atoms with Crippen molar-refractivity contribution < 1.29 is 27.5 Å². The highest BCUT2D eigenvalue weighted by molar-refractivity contribution is 7.89. The van der Waals surface area contributed by atoms with Crippen LogP contribution in [0.2, 0.25) is 0 Å². The molecule has 2 aromatic rings. The highest BCUT2D eigenvalue weighted by Gasteiger charge is 2.21. The van der Waals surface area contributed by atoms with Gasteiger partial charge in [-0.2, -0.15) is 0 Å². The maximum atomic E-state index is 12.6. The molecule has 0 saturated heterocycles. The fraction of sp³-hybridized carbons (Fsp3) is 0.333. The Kier molecular flexibility index (Phi) is 7.96. The molecule has 0 bridgehead atoms. The first-order valence-corrected chi connectivity index (χ1v) is 10.7. The number of amides is 1. The summed E-state index contributed by atoms with van der Waals surface area (Å²) in [6.45, 7) is 1.90. The number of hydrogen-bond acceptors (Lipinski definition) is 6. The van der Waals surface area contributed by atoms with Crippen molar-refractivity contribution in [1.29, 1.82) is 0 Å². The van der Waals surface area contributed by atoms with E-state index in [1.807, 2.05) is 0 Å². The van der Waals surface area contributed by atoms with Gasteiger partial charge in [-0.25, -0.2) is 17.5 Å². The first-order valence-electron chi connectivity index (χ1n) is 9.29. The van der Waals surface area contributed by atoms with Crippen LogP contribution in [0.5, 0.6) is 5.75 Å². The number of sulfonamides is 1. The summed E-state index contributed by atoms with van der Waals surface area (Å²) in [6.07, 6.45) is 0.470. The van der Waals surface area contributed by atoms with Crippen molar-refractivity contribution in [3.63, 3.8) is 0 Å². The summed E-state index contributed by atoms with van der Waals surface area (Å²) in [6, 6.07) is 11.1. The Morgan fingerprint density at radius 3 is 2.33 bits per heavy atom. The van der Waals surface area contributed by atoms with Crippen molar-refractivity contribution in [1.82, 2.24) is 4.31 Å². The second-order valence-corrected chi connectivity index (χ2v) is 8.67. The molecule has 30 heavy (non-hydrogen) atoms. The minimum absolute atomic E-state index is 0.129. The summed E-state index contributed by atoms with van der Waals surface area (Å²) in [7, 11) is 0.626. The Bertz CT molecular complexity index is 1000. The number of carbonyl (C=O) groups excluding carboxylic acids is 2. The summed E-state index contributed by atoms with van der Waals surface area (Å²) >= 11 is 0. The van der Waals surface area contributed by atoms with Crippen LogP contribution in [-0.2, 0) is 19.6 Å². The van der Waals surface area contributed by atoms with Gasteiger partial charge in [0.15, 0.2) is 0 Å². The largest absolute Gasteiger partial charge is 0.497 e. The van der Waals surface area contributed by atoms with E-state index in [9.17, 15) is 18.0 Å². The molecule has 9 heteroatoms. The molecule has 0 heterocycles. The third kappa shape index (κ3) is 5.58. The van der Waals surface area contributed by atoms with Crippen LogP contribution in [0.3, 0.4) is 0 Å². The van der Waals surface area contributed by atoms with Crippen LogP contribution in [0, 0.1) is 6.92 Å². The minimum atomic E-state index is -3.65. The van der Waals surface area contributed by atoms with Gasteiger partial charge in [0, 0.05) is 25.7 Å². The van der Waals surface area contributed by atoms with Gasteiger partial charge in [-0.3, -0.25) is 4.79 Å². The van der Waals surface area contributed by atoms with E-state index >= 15 is 0 Å². The zero-order chi connectivity index (χ0) is 22.3. The number of esters is 1. The molecule has 0 aliphatic rings. The number of hydrogen-bond donors (Lipinski definition) is 1. The van der Waals surface area contributed by atoms with Gasteiger partial charge in [-0.05, 0) is 55.3 Å². The van der Waals surface area contributed by atoms with Gasteiger partial charge in [-0.15, -0.1) is 0 Å². The molecule has 0 atom stereocenters. The van der Waals surface area contributed by atoms with Gasteiger partial charge in [0.2, 0.25) is 15.9 Å². The number of nitrogens with one attached hydrogen (secondary N) is 1. The number of carbonyl (C=O) groups is 2. The average molecular weight is 435 g/mol. The molecule has 0 aliphatic heterocycles. The molecule has 0 fully saturated rings. The van der Waals surface area contributed by atoms with Crippen molar-refractivity contribution in [2.45, 2.75) is 24.7 Å². The van der Waals surface area contributed by atoms with Crippen LogP contribution in [0.1, 0.15) is 28.8 Å². The lowest BCUT2D eigenvalue weighted by Crippen LogP contribution is -2.28. The van der Waals surface area contributed by atoms with E-state index in [0.717, 1.165) is 0 Å². The summed E-state index contributed by atoms with van der Waals surface area (Å²) in [5.74, 6) is -0.177. The highest BCUT2D eigenvalue weighted by Crippen LogP contribution is 2.21. The standard InChI is InChI=1S/C21H26N2O6S/c1-15-18(21(25)29-4)7-5-8-19(15)22-20(24)9-6-14-23(2)30(26,27)17-12-10-16(28-3)11-13-17/h5,7-8,10-13H,6,9,14H2,1-4H3,(H,22,24). The van der Waals surface area contributed by atoms with Crippen molar-refractivity contribution in [3.05, 3.63) is 53.6 Å². The maximum absolute atomic E-state index is 12.6. The second-order valence-electron chi connectivity index (χ2n) is 6.62. The van der Waals surface area contributed by atoms with Crippen molar-refractivity contribution >= 4 is 27.6 Å². The molecular weight excluding hydrogens is 408 g/mol. The van der Waals surface area contributed by atoms with E-state index in [0.29, 0.717) is 29.0 Å². The molecule has 0 saturated carbocycles. The topological polar surface area (TPSA) is 102 Å². The van der Waals surface area contributed by atoms with Crippen LogP contribution in [0.25, 0.3) is 0 Å². The van der Waals surface area contributed by atoms with Crippen LogP contribution in [0.4, 0.5) is 5.69 Å². The SMILES string of the molecule is COC(=O)c1cccc(NC(=O)CCCN(C)S(=O)(=O)c2ccc(OC)cc2)c1C. The Balaban J connectivity index is 1.93. The number of methoxy groups -OCH3 is 2. The molecule has 1 amide bonds. The zero-order valence-corrected chi connectivity index (χ0v) is 18.3. The lowest BCUT2D eigenvalue weighted by atomic mass is 10.1. The van der Waals surface area contributed by atoms with E-state index in [1.165, 1.54) is 37.7 Å². The number of ether oxygens (including phenoxy) is 2. The molecule has 0 spiro atoms. The van der Waals surface area contributed by atoms with E-state index in [2.05, 4.69) is 5.32 Å². The molecule has 0 aliphatic carbocycles. The van der Waals surface area contributed by atoms with Gasteiger partial charge in [0.05, 0.1) is 24.7 Å². The van der Waals surface area contributed by atoms with Crippen LogP contribution in [-0.4, -0.2) is 52.4 Å². The maximum Gasteiger partial charge on any atom is 0.338 e. The van der Waals surface area contributed by atoms with Crippen LogP contribution < -0.4 is 10.1 Å². The quantitative estimate of drug-likeness (QED) is 0.609. The Morgan fingerprint density at radius 1 is 1.07 bits per heavy atom. The molecule has 8 nitrogen and oxygen atoms in total. The van der Waals surface area contributed by atoms with E-state index < -0.39 is 16.0 Å². The number of rotatable bonds is 9. The zero-order valence-electron chi connectivity index (χ0n) is 17.5. The Labute approximate surface area is 176 Å². The Hall–Kier alpha value is -2.91. The highest BCUT2D eigenvalue weighted by atomic mass is 32.2. The van der Waals surface area contributed by atoms with Gasteiger partial charge in [0.1, 0.15) is 5.75 Å². The normalized spacial score (nSPS) is 11.2. The molecular formula is C21H26N2O6S. The minimum Gasteiger partial charge on any atom is -0.497 e. The molecule has 0 radical (unpaired) electrons. The van der Waals surface area contributed by atoms with Crippen LogP contribution in [0.15, 0.2) is 47.4 Å². The third-order valence-corrected chi connectivity index (χ3v) is 6.53. The molecule has 2 aromatic carbocycles. The first kappa shape index (κ1) is 23.4. The summed E-state index contributed by atoms with van der Waals surface area (Å²) in [4.78, 5) is 24.2. The molecule has 162 valence electrons. The van der Waals surface area contributed by atoms with E-state index in [1.54, 1.807) is 37.3 Å². The van der Waals surface area contributed by atoms with E-state index in [-0.39, 0.29) is 23.8 Å². The fourth-order valence-electron chi connectivity index (χ4n) is 2.82. The molecule has 0 aromatic heterocycles.